The van der Waals surface area contributed by atoms with E-state index in [1.165, 1.54) is 4.90 Å². The van der Waals surface area contributed by atoms with Gasteiger partial charge in [-0.1, -0.05) is 12.1 Å². The first-order chi connectivity index (χ1) is 12.0. The average molecular weight is 341 g/mol. The van der Waals surface area contributed by atoms with Crippen LogP contribution in [0.2, 0.25) is 0 Å². The molecule has 0 aliphatic carbocycles. The minimum atomic E-state index is -0.513. The van der Waals surface area contributed by atoms with Gasteiger partial charge in [0, 0.05) is 31.4 Å². The van der Waals surface area contributed by atoms with Crippen molar-refractivity contribution >= 4 is 23.5 Å². The molecular formula is C17H19N5O3. The van der Waals surface area contributed by atoms with Gasteiger partial charge in [0.15, 0.2) is 0 Å². The maximum Gasteiger partial charge on any atom is 0.328 e. The SMILES string of the molecule is CC(Cn1cccn1)NC(=O)c1ccccc1N1CCC(=O)NC1=O. The molecule has 3 rings (SSSR count). The zero-order valence-corrected chi connectivity index (χ0v) is 13.8. The predicted molar refractivity (Wildman–Crippen MR) is 91.1 cm³/mol. The number of urea groups is 1. The second-order valence-electron chi connectivity index (χ2n) is 5.87. The van der Waals surface area contributed by atoms with Crippen LogP contribution in [0, 0.1) is 0 Å². The zero-order valence-electron chi connectivity index (χ0n) is 13.8. The lowest BCUT2D eigenvalue weighted by Crippen LogP contribution is -2.50. The molecule has 2 N–H and O–H groups in total. The molecule has 130 valence electrons. The average Bonchev–Trinajstić information content (AvgIpc) is 3.07. The Labute approximate surface area is 144 Å². The topological polar surface area (TPSA) is 96.3 Å². The maximum absolute atomic E-state index is 12.7. The zero-order chi connectivity index (χ0) is 17.8. The fourth-order valence-electron chi connectivity index (χ4n) is 2.73. The van der Waals surface area contributed by atoms with E-state index >= 15 is 0 Å². The Morgan fingerprint density at radius 2 is 2.12 bits per heavy atom. The van der Waals surface area contributed by atoms with Crippen LogP contribution in [0.4, 0.5) is 10.5 Å². The number of benzene rings is 1. The normalized spacial score (nSPS) is 15.6. The summed E-state index contributed by atoms with van der Waals surface area (Å²) in [5.74, 6) is -0.587. The highest BCUT2D eigenvalue weighted by atomic mass is 16.2. The molecule has 1 aliphatic heterocycles. The third-order valence-electron chi connectivity index (χ3n) is 3.89. The number of carbonyl (C=O) groups excluding carboxylic acids is 3. The van der Waals surface area contributed by atoms with Crippen molar-refractivity contribution in [2.24, 2.45) is 0 Å². The summed E-state index contributed by atoms with van der Waals surface area (Å²) in [6.45, 7) is 2.67. The molecule has 1 atom stereocenters. The number of aromatic nitrogens is 2. The van der Waals surface area contributed by atoms with E-state index in [1.807, 2.05) is 19.2 Å². The quantitative estimate of drug-likeness (QED) is 0.852. The van der Waals surface area contributed by atoms with Crippen molar-refractivity contribution in [3.05, 3.63) is 48.3 Å². The lowest BCUT2D eigenvalue weighted by atomic mass is 10.1. The van der Waals surface area contributed by atoms with E-state index < -0.39 is 6.03 Å². The number of nitrogens with one attached hydrogen (secondary N) is 2. The van der Waals surface area contributed by atoms with Crippen molar-refractivity contribution < 1.29 is 14.4 Å². The molecule has 25 heavy (non-hydrogen) atoms. The lowest BCUT2D eigenvalue weighted by Gasteiger charge is -2.28. The molecule has 8 heteroatoms. The molecule has 4 amide bonds. The number of amides is 4. The molecule has 0 saturated carbocycles. The number of carbonyl (C=O) groups is 3. The highest BCUT2D eigenvalue weighted by Gasteiger charge is 2.27. The van der Waals surface area contributed by atoms with Gasteiger partial charge in [-0.05, 0) is 25.1 Å². The Balaban J connectivity index is 1.74. The Morgan fingerprint density at radius 3 is 2.84 bits per heavy atom. The highest BCUT2D eigenvalue weighted by Crippen LogP contribution is 2.22. The monoisotopic (exact) mass is 341 g/mol. The van der Waals surface area contributed by atoms with Crippen LogP contribution in [-0.2, 0) is 11.3 Å². The van der Waals surface area contributed by atoms with E-state index in [2.05, 4.69) is 15.7 Å². The number of hydrogen-bond donors (Lipinski definition) is 2. The van der Waals surface area contributed by atoms with E-state index in [1.54, 1.807) is 35.1 Å². The van der Waals surface area contributed by atoms with Crippen molar-refractivity contribution in [3.63, 3.8) is 0 Å². The van der Waals surface area contributed by atoms with Gasteiger partial charge in [0.2, 0.25) is 5.91 Å². The molecule has 1 aromatic heterocycles. The molecule has 1 aliphatic rings. The van der Waals surface area contributed by atoms with Gasteiger partial charge in [0.25, 0.3) is 5.91 Å². The van der Waals surface area contributed by atoms with Crippen molar-refractivity contribution in [3.8, 4) is 0 Å². The standard InChI is InChI=1S/C17H19N5O3/c1-12(11-21-9-4-8-18-21)19-16(24)13-5-2-3-6-14(13)22-10-7-15(23)20-17(22)25/h2-6,8-9,12H,7,10-11H2,1H3,(H,19,24)(H,20,23,25). The maximum atomic E-state index is 12.7. The number of hydrogen-bond acceptors (Lipinski definition) is 4. The Bertz CT molecular complexity index is 787. The molecular weight excluding hydrogens is 322 g/mol. The third kappa shape index (κ3) is 3.85. The van der Waals surface area contributed by atoms with Crippen LogP contribution in [0.25, 0.3) is 0 Å². The molecule has 2 heterocycles. The first kappa shape index (κ1) is 16.7. The van der Waals surface area contributed by atoms with Gasteiger partial charge in [-0.2, -0.15) is 5.10 Å². The van der Waals surface area contributed by atoms with Crippen LogP contribution < -0.4 is 15.5 Å². The molecule has 0 bridgehead atoms. The van der Waals surface area contributed by atoms with Gasteiger partial charge < -0.3 is 5.32 Å². The summed E-state index contributed by atoms with van der Waals surface area (Å²) >= 11 is 0. The van der Waals surface area contributed by atoms with Gasteiger partial charge in [0.05, 0.1) is 17.8 Å². The summed E-state index contributed by atoms with van der Waals surface area (Å²) in [4.78, 5) is 37.4. The van der Waals surface area contributed by atoms with Gasteiger partial charge >= 0.3 is 6.03 Å². The summed E-state index contributed by atoms with van der Waals surface area (Å²) in [5, 5.41) is 9.30. The smallest absolute Gasteiger partial charge is 0.328 e. The van der Waals surface area contributed by atoms with E-state index in [0.717, 1.165) is 0 Å². The van der Waals surface area contributed by atoms with E-state index in [4.69, 9.17) is 0 Å². The molecule has 0 radical (unpaired) electrons. The predicted octanol–water partition coefficient (Wildman–Crippen LogP) is 1.15. The molecule has 1 saturated heterocycles. The Morgan fingerprint density at radius 1 is 1.32 bits per heavy atom. The fraction of sp³-hybridized carbons (Fsp3) is 0.294. The second kappa shape index (κ2) is 7.16. The van der Waals surface area contributed by atoms with E-state index in [0.29, 0.717) is 17.8 Å². The fourth-order valence-corrected chi connectivity index (χ4v) is 2.73. The van der Waals surface area contributed by atoms with Crippen LogP contribution in [-0.4, -0.2) is 40.2 Å². The molecule has 8 nitrogen and oxygen atoms in total. The van der Waals surface area contributed by atoms with Gasteiger partial charge in [0.1, 0.15) is 0 Å². The number of nitrogens with zero attached hydrogens (tertiary/aromatic N) is 3. The Kier molecular flexibility index (Phi) is 4.78. The molecule has 1 aromatic carbocycles. The molecule has 1 fully saturated rings. The van der Waals surface area contributed by atoms with Crippen molar-refractivity contribution in [2.45, 2.75) is 25.9 Å². The number of para-hydroxylation sites is 1. The largest absolute Gasteiger partial charge is 0.348 e. The second-order valence-corrected chi connectivity index (χ2v) is 5.87. The van der Waals surface area contributed by atoms with Gasteiger partial charge in [-0.25, -0.2) is 4.79 Å². The minimum absolute atomic E-state index is 0.141. The van der Waals surface area contributed by atoms with Gasteiger partial charge in [-0.3, -0.25) is 24.5 Å². The van der Waals surface area contributed by atoms with Crippen molar-refractivity contribution in [1.29, 1.82) is 0 Å². The van der Waals surface area contributed by atoms with Crippen molar-refractivity contribution in [2.75, 3.05) is 11.4 Å². The summed E-state index contributed by atoms with van der Waals surface area (Å²) in [7, 11) is 0. The first-order valence-corrected chi connectivity index (χ1v) is 8.03. The summed E-state index contributed by atoms with van der Waals surface area (Å²) < 4.78 is 1.74. The third-order valence-corrected chi connectivity index (χ3v) is 3.89. The van der Waals surface area contributed by atoms with E-state index in [-0.39, 0.29) is 30.8 Å². The van der Waals surface area contributed by atoms with E-state index in [9.17, 15) is 14.4 Å². The van der Waals surface area contributed by atoms with Crippen LogP contribution in [0.15, 0.2) is 42.7 Å². The number of anilines is 1. The van der Waals surface area contributed by atoms with Crippen LogP contribution >= 0.6 is 0 Å². The van der Waals surface area contributed by atoms with Gasteiger partial charge in [-0.15, -0.1) is 0 Å². The lowest BCUT2D eigenvalue weighted by molar-refractivity contribution is -0.120. The summed E-state index contributed by atoms with van der Waals surface area (Å²) in [6, 6.07) is 8.02. The first-order valence-electron chi connectivity index (χ1n) is 8.03. The summed E-state index contributed by atoms with van der Waals surface area (Å²) in [6.07, 6.45) is 3.71. The Hall–Kier alpha value is -3.16. The molecule has 1 unspecified atom stereocenters. The van der Waals surface area contributed by atoms with Crippen LogP contribution in [0.3, 0.4) is 0 Å². The van der Waals surface area contributed by atoms with Crippen molar-refractivity contribution in [1.82, 2.24) is 20.4 Å². The number of rotatable bonds is 5. The molecule has 0 spiro atoms. The number of imide groups is 1. The molecule has 2 aromatic rings. The highest BCUT2D eigenvalue weighted by molar-refractivity contribution is 6.09. The minimum Gasteiger partial charge on any atom is -0.348 e. The summed E-state index contributed by atoms with van der Waals surface area (Å²) in [5.41, 5.74) is 0.871. The van der Waals surface area contributed by atoms with Crippen LogP contribution in [0.1, 0.15) is 23.7 Å². The van der Waals surface area contributed by atoms with Crippen LogP contribution in [0.5, 0.6) is 0 Å².